The Bertz CT molecular complexity index is 1100. The summed E-state index contributed by atoms with van der Waals surface area (Å²) in [6.45, 7) is 8.39. The normalized spacial score (nSPS) is 18.0. The molecule has 174 valence electrons. The van der Waals surface area contributed by atoms with Crippen molar-refractivity contribution in [1.82, 2.24) is 15.0 Å². The number of aromatic nitrogens is 3. The lowest BCUT2D eigenvalue weighted by Crippen LogP contribution is -2.35. The number of rotatable bonds is 8. The minimum atomic E-state index is 0.0268. The molecule has 0 radical (unpaired) electrons. The van der Waals surface area contributed by atoms with Crippen LogP contribution in [-0.4, -0.2) is 46.8 Å². The van der Waals surface area contributed by atoms with Crippen molar-refractivity contribution in [2.24, 2.45) is 0 Å². The molecule has 1 N–H and O–H groups in total. The molecule has 4 rings (SSSR count). The molecule has 0 amide bonds. The van der Waals surface area contributed by atoms with Crippen LogP contribution in [0.4, 0.5) is 11.6 Å². The fourth-order valence-corrected chi connectivity index (χ4v) is 4.71. The predicted octanol–water partition coefficient (Wildman–Crippen LogP) is 5.68. The maximum absolute atomic E-state index is 6.50. The molecule has 1 aliphatic rings. The zero-order chi connectivity index (χ0) is 23.4. The topological polar surface area (TPSA) is 63.2 Å². The SMILES string of the molecule is CCOC1CN(c2ccccn2)CC1Nc1nc(CC)c(-c2ccc(Cl)cc2Cl)nc1CC. The minimum absolute atomic E-state index is 0.0268. The predicted molar refractivity (Wildman–Crippen MR) is 136 cm³/mol. The molecule has 6 nitrogen and oxygen atoms in total. The van der Waals surface area contributed by atoms with Gasteiger partial charge in [0.25, 0.3) is 0 Å². The van der Waals surface area contributed by atoms with E-state index in [9.17, 15) is 0 Å². The lowest BCUT2D eigenvalue weighted by atomic mass is 10.1. The van der Waals surface area contributed by atoms with Gasteiger partial charge >= 0.3 is 0 Å². The Morgan fingerprint density at radius 3 is 2.52 bits per heavy atom. The van der Waals surface area contributed by atoms with E-state index >= 15 is 0 Å². The first-order chi connectivity index (χ1) is 16.0. The van der Waals surface area contributed by atoms with Crippen LogP contribution in [0.1, 0.15) is 32.2 Å². The average Bonchev–Trinajstić information content (AvgIpc) is 3.22. The summed E-state index contributed by atoms with van der Waals surface area (Å²) in [6, 6.07) is 11.5. The molecule has 1 aromatic carbocycles. The number of hydrogen-bond acceptors (Lipinski definition) is 6. The van der Waals surface area contributed by atoms with Crippen LogP contribution >= 0.6 is 23.2 Å². The summed E-state index contributed by atoms with van der Waals surface area (Å²) in [6.07, 6.45) is 3.33. The lowest BCUT2D eigenvalue weighted by Gasteiger charge is -2.22. The summed E-state index contributed by atoms with van der Waals surface area (Å²) in [5.41, 5.74) is 3.46. The molecule has 0 saturated carbocycles. The Hall–Kier alpha value is -2.41. The number of hydrogen-bond donors (Lipinski definition) is 1. The van der Waals surface area contributed by atoms with Crippen LogP contribution in [0.3, 0.4) is 0 Å². The minimum Gasteiger partial charge on any atom is -0.374 e. The van der Waals surface area contributed by atoms with Gasteiger partial charge in [-0.25, -0.2) is 15.0 Å². The zero-order valence-corrected chi connectivity index (χ0v) is 20.7. The molecule has 1 aliphatic heterocycles. The van der Waals surface area contributed by atoms with E-state index in [0.29, 0.717) is 16.7 Å². The number of nitrogens with zero attached hydrogens (tertiary/aromatic N) is 4. The van der Waals surface area contributed by atoms with Crippen molar-refractivity contribution in [1.29, 1.82) is 0 Å². The fourth-order valence-electron chi connectivity index (χ4n) is 4.21. The molecule has 33 heavy (non-hydrogen) atoms. The van der Waals surface area contributed by atoms with Crippen molar-refractivity contribution in [2.45, 2.75) is 45.8 Å². The molecule has 0 bridgehead atoms. The van der Waals surface area contributed by atoms with Crippen molar-refractivity contribution >= 4 is 34.8 Å². The second kappa shape index (κ2) is 10.7. The van der Waals surface area contributed by atoms with Gasteiger partial charge in [-0.15, -0.1) is 0 Å². The molecule has 1 saturated heterocycles. The Morgan fingerprint density at radius 1 is 1.03 bits per heavy atom. The smallest absolute Gasteiger partial charge is 0.148 e. The third-order valence-corrected chi connectivity index (χ3v) is 6.39. The summed E-state index contributed by atoms with van der Waals surface area (Å²) in [5.74, 6) is 1.76. The van der Waals surface area contributed by atoms with Crippen LogP contribution in [-0.2, 0) is 17.6 Å². The van der Waals surface area contributed by atoms with Crippen LogP contribution in [0, 0.1) is 0 Å². The lowest BCUT2D eigenvalue weighted by molar-refractivity contribution is 0.0719. The highest BCUT2D eigenvalue weighted by atomic mass is 35.5. The second-order valence-corrected chi connectivity index (χ2v) is 8.83. The van der Waals surface area contributed by atoms with E-state index in [1.807, 2.05) is 43.5 Å². The van der Waals surface area contributed by atoms with Gasteiger partial charge in [0.1, 0.15) is 11.6 Å². The Balaban J connectivity index is 1.65. The van der Waals surface area contributed by atoms with Crippen LogP contribution in [0.25, 0.3) is 11.3 Å². The van der Waals surface area contributed by atoms with E-state index < -0.39 is 0 Å². The Morgan fingerprint density at radius 2 is 1.85 bits per heavy atom. The number of anilines is 2. The Labute approximate surface area is 205 Å². The van der Waals surface area contributed by atoms with Gasteiger partial charge in [-0.2, -0.15) is 0 Å². The Kier molecular flexibility index (Phi) is 7.68. The summed E-state index contributed by atoms with van der Waals surface area (Å²) >= 11 is 12.6. The first-order valence-corrected chi connectivity index (χ1v) is 12.2. The van der Waals surface area contributed by atoms with E-state index in [1.54, 1.807) is 6.07 Å². The van der Waals surface area contributed by atoms with E-state index in [1.165, 1.54) is 0 Å². The molecule has 3 heterocycles. The molecule has 0 spiro atoms. The van der Waals surface area contributed by atoms with Gasteiger partial charge in [-0.1, -0.05) is 43.1 Å². The van der Waals surface area contributed by atoms with E-state index in [-0.39, 0.29) is 12.1 Å². The molecular formula is C25H29Cl2N5O. The van der Waals surface area contributed by atoms with E-state index in [4.69, 9.17) is 37.9 Å². The highest BCUT2D eigenvalue weighted by Gasteiger charge is 2.35. The third-order valence-electron chi connectivity index (χ3n) is 5.84. The first kappa shape index (κ1) is 23.7. The van der Waals surface area contributed by atoms with Crippen molar-refractivity contribution in [3.05, 3.63) is 64.0 Å². The van der Waals surface area contributed by atoms with E-state index in [2.05, 4.69) is 29.0 Å². The van der Waals surface area contributed by atoms with E-state index in [0.717, 1.165) is 60.2 Å². The molecule has 0 aliphatic carbocycles. The monoisotopic (exact) mass is 485 g/mol. The largest absolute Gasteiger partial charge is 0.374 e. The molecule has 3 aromatic rings. The van der Waals surface area contributed by atoms with Gasteiger partial charge in [0.15, 0.2) is 0 Å². The third kappa shape index (κ3) is 5.24. The number of pyridine rings is 1. The van der Waals surface area contributed by atoms with Gasteiger partial charge in [-0.05, 0) is 50.1 Å². The highest BCUT2D eigenvalue weighted by molar-refractivity contribution is 6.36. The van der Waals surface area contributed by atoms with Crippen LogP contribution in [0.2, 0.25) is 10.0 Å². The summed E-state index contributed by atoms with van der Waals surface area (Å²) in [7, 11) is 0. The first-order valence-electron chi connectivity index (χ1n) is 11.4. The van der Waals surface area contributed by atoms with Crippen LogP contribution in [0.5, 0.6) is 0 Å². The number of halogens is 2. The maximum Gasteiger partial charge on any atom is 0.148 e. The van der Waals surface area contributed by atoms with Gasteiger partial charge in [0.2, 0.25) is 0 Å². The van der Waals surface area contributed by atoms with Crippen LogP contribution < -0.4 is 10.2 Å². The quantitative estimate of drug-likeness (QED) is 0.442. The standard InChI is InChI=1S/C25H29Cl2N5O/c1-4-19-24(17-11-10-16(26)13-18(17)27)29-20(5-2)25(30-19)31-21-14-32(15-22(21)33-6-3)23-9-7-8-12-28-23/h7-13,21-22H,4-6,14-15H2,1-3H3,(H,30,31). The number of nitrogens with one attached hydrogen (secondary N) is 1. The molecule has 8 heteroatoms. The molecule has 2 unspecified atom stereocenters. The highest BCUT2D eigenvalue weighted by Crippen LogP contribution is 2.33. The summed E-state index contributed by atoms with van der Waals surface area (Å²) in [5, 5.41) is 4.83. The van der Waals surface area contributed by atoms with Gasteiger partial charge in [0, 0.05) is 36.5 Å². The van der Waals surface area contributed by atoms with Crippen LogP contribution in [0.15, 0.2) is 42.6 Å². The van der Waals surface area contributed by atoms with Gasteiger partial charge in [0.05, 0.1) is 34.3 Å². The average molecular weight is 486 g/mol. The maximum atomic E-state index is 6.50. The van der Waals surface area contributed by atoms with Gasteiger partial charge in [-0.3, -0.25) is 0 Å². The number of benzene rings is 1. The molecule has 2 atom stereocenters. The second-order valence-electron chi connectivity index (χ2n) is 7.98. The van der Waals surface area contributed by atoms with Crippen molar-refractivity contribution in [2.75, 3.05) is 29.9 Å². The van der Waals surface area contributed by atoms with Gasteiger partial charge < -0.3 is 15.0 Å². The summed E-state index contributed by atoms with van der Waals surface area (Å²) in [4.78, 5) is 16.8. The van der Waals surface area contributed by atoms with Crippen molar-refractivity contribution < 1.29 is 4.74 Å². The van der Waals surface area contributed by atoms with Crippen molar-refractivity contribution in [3.63, 3.8) is 0 Å². The zero-order valence-electron chi connectivity index (χ0n) is 19.2. The fraction of sp³-hybridized carbons (Fsp3) is 0.400. The summed E-state index contributed by atoms with van der Waals surface area (Å²) < 4.78 is 6.08. The molecular weight excluding hydrogens is 457 g/mol. The number of ether oxygens (including phenoxy) is 1. The van der Waals surface area contributed by atoms with Crippen molar-refractivity contribution in [3.8, 4) is 11.3 Å². The number of aryl methyl sites for hydroxylation is 2. The molecule has 1 fully saturated rings. The molecule has 2 aromatic heterocycles.